The van der Waals surface area contributed by atoms with E-state index < -0.39 is 15.7 Å². The number of benzene rings is 2. The van der Waals surface area contributed by atoms with Crippen molar-refractivity contribution in [2.45, 2.75) is 11.8 Å². The molecule has 0 fully saturated rings. The summed E-state index contributed by atoms with van der Waals surface area (Å²) in [5.74, 6) is -0.158. The van der Waals surface area contributed by atoms with Crippen LogP contribution in [0.2, 0.25) is 0 Å². The molecule has 0 bridgehead atoms. The summed E-state index contributed by atoms with van der Waals surface area (Å²) in [5.41, 5.74) is 0.874. The lowest BCUT2D eigenvalue weighted by Gasteiger charge is -2.11. The van der Waals surface area contributed by atoms with E-state index in [1.54, 1.807) is 37.3 Å². The number of sulfone groups is 1. The second-order valence-electron chi connectivity index (χ2n) is 4.25. The Balaban J connectivity index is 2.65. The third-order valence-corrected chi connectivity index (χ3v) is 4.81. The SMILES string of the molecule is CCS(=O)(=O)c1cc(-c2ccccc2F)ccc1OC. The summed E-state index contributed by atoms with van der Waals surface area (Å²) >= 11 is 0. The average molecular weight is 294 g/mol. The topological polar surface area (TPSA) is 43.4 Å². The number of hydrogen-bond donors (Lipinski definition) is 0. The van der Waals surface area contributed by atoms with Crippen LogP contribution < -0.4 is 4.74 Å². The maximum Gasteiger partial charge on any atom is 0.181 e. The smallest absolute Gasteiger partial charge is 0.181 e. The molecule has 0 atom stereocenters. The predicted octanol–water partition coefficient (Wildman–Crippen LogP) is 3.29. The lowest BCUT2D eigenvalue weighted by molar-refractivity contribution is 0.403. The van der Waals surface area contributed by atoms with Crippen LogP contribution in [-0.2, 0) is 9.84 Å². The summed E-state index contributed by atoms with van der Waals surface area (Å²) in [6.45, 7) is 1.56. The van der Waals surface area contributed by atoms with E-state index in [-0.39, 0.29) is 16.4 Å². The van der Waals surface area contributed by atoms with Gasteiger partial charge in [-0.3, -0.25) is 0 Å². The van der Waals surface area contributed by atoms with E-state index in [0.29, 0.717) is 11.1 Å². The van der Waals surface area contributed by atoms with Crippen molar-refractivity contribution in [1.29, 1.82) is 0 Å². The first-order chi connectivity index (χ1) is 9.49. The Labute approximate surface area is 117 Å². The summed E-state index contributed by atoms with van der Waals surface area (Å²) in [5, 5.41) is 0. The molecule has 20 heavy (non-hydrogen) atoms. The van der Waals surface area contributed by atoms with Crippen molar-refractivity contribution >= 4 is 9.84 Å². The standard InChI is InChI=1S/C15H15FO3S/c1-3-20(17,18)15-10-11(8-9-14(15)19-2)12-6-4-5-7-13(12)16/h4-10H,3H2,1-2H3. The molecule has 0 saturated heterocycles. The van der Waals surface area contributed by atoms with E-state index in [1.807, 2.05) is 0 Å². The fraction of sp³-hybridized carbons (Fsp3) is 0.200. The minimum atomic E-state index is -3.43. The van der Waals surface area contributed by atoms with E-state index in [2.05, 4.69) is 0 Å². The van der Waals surface area contributed by atoms with Gasteiger partial charge >= 0.3 is 0 Å². The van der Waals surface area contributed by atoms with Crippen LogP contribution in [-0.4, -0.2) is 21.3 Å². The van der Waals surface area contributed by atoms with E-state index in [0.717, 1.165) is 0 Å². The monoisotopic (exact) mass is 294 g/mol. The van der Waals surface area contributed by atoms with E-state index in [1.165, 1.54) is 19.2 Å². The van der Waals surface area contributed by atoms with Crippen LogP contribution in [0.4, 0.5) is 4.39 Å². The Morgan fingerprint density at radius 1 is 1.15 bits per heavy atom. The van der Waals surface area contributed by atoms with Gasteiger partial charge in [-0.05, 0) is 23.8 Å². The van der Waals surface area contributed by atoms with Gasteiger partial charge in [0.1, 0.15) is 16.5 Å². The van der Waals surface area contributed by atoms with Crippen molar-refractivity contribution in [2.24, 2.45) is 0 Å². The quantitative estimate of drug-likeness (QED) is 0.869. The fourth-order valence-corrected chi connectivity index (χ4v) is 3.01. The second-order valence-corrected chi connectivity index (χ2v) is 6.50. The molecule has 0 aliphatic heterocycles. The number of hydrogen-bond acceptors (Lipinski definition) is 3. The molecule has 2 aromatic carbocycles. The Bertz CT molecular complexity index is 724. The Morgan fingerprint density at radius 2 is 1.85 bits per heavy atom. The number of methoxy groups -OCH3 is 1. The third-order valence-electron chi connectivity index (χ3n) is 3.06. The maximum atomic E-state index is 13.8. The highest BCUT2D eigenvalue weighted by molar-refractivity contribution is 7.91. The van der Waals surface area contributed by atoms with Gasteiger partial charge in [-0.1, -0.05) is 31.2 Å². The highest BCUT2D eigenvalue weighted by atomic mass is 32.2. The molecule has 106 valence electrons. The van der Waals surface area contributed by atoms with Crippen molar-refractivity contribution in [1.82, 2.24) is 0 Å². The van der Waals surface area contributed by atoms with Crippen molar-refractivity contribution in [3.05, 3.63) is 48.3 Å². The van der Waals surface area contributed by atoms with Crippen LogP contribution in [0, 0.1) is 5.82 Å². The van der Waals surface area contributed by atoms with Crippen LogP contribution in [0.1, 0.15) is 6.92 Å². The van der Waals surface area contributed by atoms with Gasteiger partial charge in [0.15, 0.2) is 9.84 Å². The van der Waals surface area contributed by atoms with Gasteiger partial charge in [0.2, 0.25) is 0 Å². The van der Waals surface area contributed by atoms with Crippen LogP contribution >= 0.6 is 0 Å². The summed E-state index contributed by atoms with van der Waals surface area (Å²) in [7, 11) is -2.02. The first-order valence-corrected chi connectivity index (χ1v) is 7.80. The van der Waals surface area contributed by atoms with E-state index >= 15 is 0 Å². The average Bonchev–Trinajstić information content (AvgIpc) is 2.47. The van der Waals surface area contributed by atoms with Gasteiger partial charge in [0, 0.05) is 5.56 Å². The zero-order chi connectivity index (χ0) is 14.8. The second kappa shape index (κ2) is 5.63. The van der Waals surface area contributed by atoms with Crippen LogP contribution in [0.25, 0.3) is 11.1 Å². The molecule has 0 N–H and O–H groups in total. The van der Waals surface area contributed by atoms with Crippen molar-refractivity contribution in [3.63, 3.8) is 0 Å². The third kappa shape index (κ3) is 2.67. The van der Waals surface area contributed by atoms with Gasteiger partial charge in [-0.2, -0.15) is 0 Å². The maximum absolute atomic E-state index is 13.8. The Hall–Kier alpha value is -1.88. The summed E-state index contributed by atoms with van der Waals surface area (Å²) < 4.78 is 43.0. The van der Waals surface area contributed by atoms with Crippen LogP contribution in [0.5, 0.6) is 5.75 Å². The van der Waals surface area contributed by atoms with Crippen LogP contribution in [0.15, 0.2) is 47.4 Å². The molecular weight excluding hydrogens is 279 g/mol. The molecule has 0 amide bonds. The molecule has 0 radical (unpaired) electrons. The van der Waals surface area contributed by atoms with Gasteiger partial charge in [0.05, 0.1) is 12.9 Å². The zero-order valence-electron chi connectivity index (χ0n) is 11.3. The predicted molar refractivity (Wildman–Crippen MR) is 76.1 cm³/mol. The Morgan fingerprint density at radius 3 is 2.45 bits per heavy atom. The Kier molecular flexibility index (Phi) is 4.09. The molecule has 0 aliphatic carbocycles. The summed E-state index contributed by atoms with van der Waals surface area (Å²) in [6, 6.07) is 10.9. The molecule has 5 heteroatoms. The minimum absolute atomic E-state index is 0.0376. The molecule has 2 rings (SSSR count). The molecule has 0 heterocycles. The number of halogens is 1. The normalized spacial score (nSPS) is 11.3. The first kappa shape index (κ1) is 14.5. The zero-order valence-corrected chi connectivity index (χ0v) is 12.1. The molecule has 0 spiro atoms. The van der Waals surface area contributed by atoms with Gasteiger partial charge in [-0.15, -0.1) is 0 Å². The van der Waals surface area contributed by atoms with E-state index in [9.17, 15) is 12.8 Å². The largest absolute Gasteiger partial charge is 0.495 e. The summed E-state index contributed by atoms with van der Waals surface area (Å²) in [6.07, 6.45) is 0. The molecule has 0 unspecified atom stereocenters. The van der Waals surface area contributed by atoms with Gasteiger partial charge in [0.25, 0.3) is 0 Å². The van der Waals surface area contributed by atoms with Crippen LogP contribution in [0.3, 0.4) is 0 Å². The minimum Gasteiger partial charge on any atom is -0.495 e. The highest BCUT2D eigenvalue weighted by Crippen LogP contribution is 2.31. The number of ether oxygens (including phenoxy) is 1. The molecule has 0 aliphatic rings. The molecule has 0 saturated carbocycles. The molecule has 2 aromatic rings. The van der Waals surface area contributed by atoms with Crippen molar-refractivity contribution in [3.8, 4) is 16.9 Å². The van der Waals surface area contributed by atoms with E-state index in [4.69, 9.17) is 4.74 Å². The fourth-order valence-electron chi connectivity index (χ4n) is 1.94. The molecule has 0 aromatic heterocycles. The first-order valence-electron chi connectivity index (χ1n) is 6.15. The highest BCUT2D eigenvalue weighted by Gasteiger charge is 2.19. The van der Waals surface area contributed by atoms with Gasteiger partial charge in [-0.25, -0.2) is 12.8 Å². The van der Waals surface area contributed by atoms with Crippen molar-refractivity contribution in [2.75, 3.05) is 12.9 Å². The van der Waals surface area contributed by atoms with Gasteiger partial charge < -0.3 is 4.74 Å². The molecule has 3 nitrogen and oxygen atoms in total. The van der Waals surface area contributed by atoms with Crippen molar-refractivity contribution < 1.29 is 17.5 Å². The lowest BCUT2D eigenvalue weighted by Crippen LogP contribution is -2.06. The lowest BCUT2D eigenvalue weighted by atomic mass is 10.1. The number of rotatable bonds is 4. The summed E-state index contributed by atoms with van der Waals surface area (Å²) in [4.78, 5) is 0.0863. The molecular formula is C15H15FO3S.